The fourth-order valence-corrected chi connectivity index (χ4v) is 2.36. The van der Waals surface area contributed by atoms with Crippen LogP contribution in [0.4, 0.5) is 0 Å². The third-order valence-corrected chi connectivity index (χ3v) is 3.45. The second kappa shape index (κ2) is 5.97. The first-order valence-electron chi connectivity index (χ1n) is 7.22. The average Bonchev–Trinajstić information content (AvgIpc) is 3.08. The largest absolute Gasteiger partial charge is 0.352 e. The van der Waals surface area contributed by atoms with Gasteiger partial charge in [-0.25, -0.2) is 9.97 Å². The number of nitrogens with zero attached hydrogens (tertiary/aromatic N) is 5. The lowest BCUT2D eigenvalue weighted by atomic mass is 10.2. The Labute approximate surface area is 128 Å². The average molecular weight is 298 g/mol. The summed E-state index contributed by atoms with van der Waals surface area (Å²) in [7, 11) is 0. The predicted molar refractivity (Wildman–Crippen MR) is 81.6 cm³/mol. The Balaban J connectivity index is 1.52. The van der Waals surface area contributed by atoms with Gasteiger partial charge in [-0.05, 0) is 32.4 Å². The van der Waals surface area contributed by atoms with E-state index in [1.807, 2.05) is 35.2 Å². The van der Waals surface area contributed by atoms with Gasteiger partial charge >= 0.3 is 0 Å². The Morgan fingerprint density at radius 2 is 2.18 bits per heavy atom. The Morgan fingerprint density at radius 1 is 1.32 bits per heavy atom. The summed E-state index contributed by atoms with van der Waals surface area (Å²) in [4.78, 5) is 20.5. The summed E-state index contributed by atoms with van der Waals surface area (Å²) in [6.07, 6.45) is 6.12. The van der Waals surface area contributed by atoms with Crippen LogP contribution >= 0.6 is 0 Å². The molecule has 0 aliphatic heterocycles. The Morgan fingerprint density at radius 3 is 2.95 bits per heavy atom. The quantitative estimate of drug-likeness (QED) is 0.722. The van der Waals surface area contributed by atoms with Gasteiger partial charge in [-0.2, -0.15) is 5.10 Å². The Bertz CT molecular complexity index is 803. The van der Waals surface area contributed by atoms with Crippen LogP contribution in [0.3, 0.4) is 0 Å². The van der Waals surface area contributed by atoms with E-state index in [1.54, 1.807) is 18.5 Å². The minimum absolute atomic E-state index is 0.0814. The first kappa shape index (κ1) is 14.2. The van der Waals surface area contributed by atoms with Crippen LogP contribution in [-0.4, -0.2) is 36.6 Å². The van der Waals surface area contributed by atoms with Gasteiger partial charge < -0.3 is 9.72 Å². The van der Waals surface area contributed by atoms with Crippen LogP contribution in [0.1, 0.15) is 28.4 Å². The summed E-state index contributed by atoms with van der Waals surface area (Å²) >= 11 is 0. The van der Waals surface area contributed by atoms with E-state index in [2.05, 4.69) is 20.4 Å². The van der Waals surface area contributed by atoms with Crippen molar-refractivity contribution in [1.82, 2.24) is 29.5 Å². The predicted octanol–water partition coefficient (Wildman–Crippen LogP) is 1.36. The first-order chi connectivity index (χ1) is 10.6. The van der Waals surface area contributed by atoms with E-state index >= 15 is 0 Å². The third-order valence-electron chi connectivity index (χ3n) is 3.45. The zero-order valence-electron chi connectivity index (χ0n) is 12.7. The molecule has 7 nitrogen and oxygen atoms in total. The van der Waals surface area contributed by atoms with Crippen molar-refractivity contribution in [2.45, 2.75) is 26.8 Å². The minimum Gasteiger partial charge on any atom is -0.352 e. The number of fused-ring (bicyclic) bond motifs is 1. The van der Waals surface area contributed by atoms with E-state index in [0.717, 1.165) is 30.3 Å². The van der Waals surface area contributed by atoms with E-state index in [9.17, 15) is 4.79 Å². The van der Waals surface area contributed by atoms with Gasteiger partial charge in [0, 0.05) is 31.7 Å². The second-order valence-electron chi connectivity index (χ2n) is 5.15. The molecule has 1 amide bonds. The summed E-state index contributed by atoms with van der Waals surface area (Å²) in [6, 6.07) is 3.61. The molecular weight excluding hydrogens is 280 g/mol. The van der Waals surface area contributed by atoms with E-state index in [1.165, 1.54) is 0 Å². The van der Waals surface area contributed by atoms with Crippen LogP contribution < -0.4 is 5.32 Å². The van der Waals surface area contributed by atoms with Crippen molar-refractivity contribution in [3.63, 3.8) is 0 Å². The number of imidazole rings is 1. The standard InChI is InChI=1S/C15H18N6O/c1-11-18-12(2)21(19-11)8-3-6-17-15(22)13-4-5-14-16-7-9-20(14)10-13/h4-5,7,9-10H,3,6,8H2,1-2H3,(H,17,22). The van der Waals surface area contributed by atoms with Crippen molar-refractivity contribution < 1.29 is 4.79 Å². The van der Waals surface area contributed by atoms with Crippen molar-refractivity contribution in [3.8, 4) is 0 Å². The SMILES string of the molecule is Cc1nc(C)n(CCCNC(=O)c2ccc3nccn3c2)n1. The highest BCUT2D eigenvalue weighted by atomic mass is 16.1. The highest BCUT2D eigenvalue weighted by molar-refractivity contribution is 5.94. The number of nitrogens with one attached hydrogen (secondary N) is 1. The van der Waals surface area contributed by atoms with E-state index in [0.29, 0.717) is 12.1 Å². The molecule has 0 aliphatic carbocycles. The monoisotopic (exact) mass is 298 g/mol. The number of hydrogen-bond donors (Lipinski definition) is 1. The molecule has 1 N–H and O–H groups in total. The van der Waals surface area contributed by atoms with E-state index < -0.39 is 0 Å². The molecule has 114 valence electrons. The second-order valence-corrected chi connectivity index (χ2v) is 5.15. The van der Waals surface area contributed by atoms with E-state index in [4.69, 9.17) is 0 Å². The molecule has 0 saturated heterocycles. The lowest BCUT2D eigenvalue weighted by molar-refractivity contribution is 0.0952. The van der Waals surface area contributed by atoms with Crippen molar-refractivity contribution in [1.29, 1.82) is 0 Å². The highest BCUT2D eigenvalue weighted by Crippen LogP contribution is 2.04. The zero-order chi connectivity index (χ0) is 15.5. The number of aryl methyl sites for hydroxylation is 3. The van der Waals surface area contributed by atoms with Gasteiger partial charge in [0.15, 0.2) is 0 Å². The fourth-order valence-electron chi connectivity index (χ4n) is 2.36. The number of pyridine rings is 1. The normalized spacial score (nSPS) is 11.0. The molecule has 0 atom stereocenters. The lowest BCUT2D eigenvalue weighted by Crippen LogP contribution is -2.25. The molecule has 3 heterocycles. The zero-order valence-corrected chi connectivity index (χ0v) is 12.7. The number of aromatic nitrogens is 5. The number of carbonyl (C=O) groups excluding carboxylic acids is 1. The van der Waals surface area contributed by atoms with Crippen molar-refractivity contribution >= 4 is 11.6 Å². The highest BCUT2D eigenvalue weighted by Gasteiger charge is 2.07. The number of rotatable bonds is 5. The molecule has 0 bridgehead atoms. The Hall–Kier alpha value is -2.70. The van der Waals surface area contributed by atoms with Crippen LogP contribution in [0.5, 0.6) is 0 Å². The van der Waals surface area contributed by atoms with Crippen LogP contribution in [-0.2, 0) is 6.54 Å². The summed E-state index contributed by atoms with van der Waals surface area (Å²) < 4.78 is 3.69. The first-order valence-corrected chi connectivity index (χ1v) is 7.22. The molecule has 0 aliphatic rings. The van der Waals surface area contributed by atoms with Crippen molar-refractivity contribution in [2.75, 3.05) is 6.54 Å². The summed E-state index contributed by atoms with van der Waals surface area (Å²) in [5.41, 5.74) is 1.45. The number of amides is 1. The topological polar surface area (TPSA) is 77.1 Å². The molecule has 0 aromatic carbocycles. The molecule has 0 spiro atoms. The molecule has 0 radical (unpaired) electrons. The molecule has 7 heteroatoms. The van der Waals surface area contributed by atoms with Gasteiger partial charge in [0.05, 0.1) is 5.56 Å². The molecule has 3 aromatic rings. The maximum Gasteiger partial charge on any atom is 0.252 e. The maximum atomic E-state index is 12.1. The Kier molecular flexibility index (Phi) is 3.86. The third kappa shape index (κ3) is 2.98. The summed E-state index contributed by atoms with van der Waals surface area (Å²) in [6.45, 7) is 5.14. The summed E-state index contributed by atoms with van der Waals surface area (Å²) in [5.74, 6) is 1.59. The van der Waals surface area contributed by atoms with Crippen molar-refractivity contribution in [3.05, 3.63) is 47.9 Å². The fraction of sp³-hybridized carbons (Fsp3) is 0.333. The molecule has 0 unspecified atom stereocenters. The van der Waals surface area contributed by atoms with Gasteiger partial charge in [0.1, 0.15) is 17.3 Å². The van der Waals surface area contributed by atoms with Gasteiger partial charge in [-0.3, -0.25) is 9.48 Å². The maximum absolute atomic E-state index is 12.1. The molecule has 3 aromatic heterocycles. The smallest absolute Gasteiger partial charge is 0.252 e. The van der Waals surface area contributed by atoms with Crippen LogP contribution in [0, 0.1) is 13.8 Å². The van der Waals surface area contributed by atoms with Gasteiger partial charge in [-0.1, -0.05) is 0 Å². The van der Waals surface area contributed by atoms with Gasteiger partial charge in [0.2, 0.25) is 0 Å². The molecular formula is C15H18N6O. The van der Waals surface area contributed by atoms with Crippen molar-refractivity contribution in [2.24, 2.45) is 0 Å². The van der Waals surface area contributed by atoms with Crippen LogP contribution in [0.2, 0.25) is 0 Å². The van der Waals surface area contributed by atoms with E-state index in [-0.39, 0.29) is 5.91 Å². The van der Waals surface area contributed by atoms with Crippen LogP contribution in [0.15, 0.2) is 30.7 Å². The molecule has 0 saturated carbocycles. The molecule has 0 fully saturated rings. The minimum atomic E-state index is -0.0814. The lowest BCUT2D eigenvalue weighted by Gasteiger charge is -2.06. The number of carbonyl (C=O) groups is 1. The van der Waals surface area contributed by atoms with Gasteiger partial charge in [0.25, 0.3) is 5.91 Å². The van der Waals surface area contributed by atoms with Crippen LogP contribution in [0.25, 0.3) is 5.65 Å². The number of hydrogen-bond acceptors (Lipinski definition) is 4. The molecule has 22 heavy (non-hydrogen) atoms. The summed E-state index contributed by atoms with van der Waals surface area (Å²) in [5, 5.41) is 7.21. The molecule has 3 rings (SSSR count). The van der Waals surface area contributed by atoms with Gasteiger partial charge in [-0.15, -0.1) is 0 Å².